The number of carbonyl (C=O) groups excluding carboxylic acids is 3. The van der Waals surface area contributed by atoms with E-state index < -0.39 is 35.7 Å². The molecule has 13 heteroatoms. The molecule has 2 aromatic carbocycles. The summed E-state index contributed by atoms with van der Waals surface area (Å²) in [5.41, 5.74) is 1.60. The lowest BCUT2D eigenvalue weighted by molar-refractivity contribution is -0.138. The molecule has 2 saturated heterocycles. The van der Waals surface area contributed by atoms with Gasteiger partial charge >= 0.3 is 6.09 Å². The van der Waals surface area contributed by atoms with E-state index in [1.807, 2.05) is 69.9 Å². The Morgan fingerprint density at radius 3 is 2.36 bits per heavy atom. The molecule has 3 amide bonds. The summed E-state index contributed by atoms with van der Waals surface area (Å²) in [7, 11) is 0. The summed E-state index contributed by atoms with van der Waals surface area (Å²) in [6.45, 7) is 10.7. The van der Waals surface area contributed by atoms with Crippen LogP contribution in [0.4, 0.5) is 19.4 Å². The third-order valence-electron chi connectivity index (χ3n) is 8.42. The standard InChI is InChI=1S/C34H43F2N7O4/c1-21(2)25-12-11-23(17-26(25)36)30(22-9-7-6-8-10-22)37-32(45)28-18-24(35)20-43(28)29(44)19-27-31(39-40-38-27)41-13-15-42(16-14-41)33(46)47-34(3,4)5/h6-12,17,21,24,28,30H,13-16,18-20H2,1-5H3,(H,37,45)(H,38,39,40)/t24-,28+,30+/m1/s1. The number of anilines is 1. The van der Waals surface area contributed by atoms with Gasteiger partial charge in [0, 0.05) is 32.6 Å². The highest BCUT2D eigenvalue weighted by atomic mass is 19.1. The van der Waals surface area contributed by atoms with Crippen molar-refractivity contribution >= 4 is 23.7 Å². The number of likely N-dealkylation sites (tertiary alicyclic amines) is 1. The molecule has 0 spiro atoms. The highest BCUT2D eigenvalue weighted by Gasteiger charge is 2.41. The van der Waals surface area contributed by atoms with Gasteiger partial charge in [0.05, 0.1) is 19.0 Å². The van der Waals surface area contributed by atoms with E-state index in [-0.39, 0.29) is 37.2 Å². The van der Waals surface area contributed by atoms with E-state index in [1.165, 1.54) is 11.0 Å². The first kappa shape index (κ1) is 33.8. The Hall–Kier alpha value is -4.55. The number of ether oxygens (including phenoxy) is 1. The zero-order chi connectivity index (χ0) is 33.9. The van der Waals surface area contributed by atoms with E-state index in [2.05, 4.69) is 20.7 Å². The third-order valence-corrected chi connectivity index (χ3v) is 8.42. The molecule has 3 atom stereocenters. The molecule has 2 aliphatic rings. The van der Waals surface area contributed by atoms with E-state index in [0.717, 1.165) is 5.56 Å². The molecule has 11 nitrogen and oxygen atoms in total. The summed E-state index contributed by atoms with van der Waals surface area (Å²) >= 11 is 0. The number of aromatic nitrogens is 3. The number of amides is 3. The zero-order valence-electron chi connectivity index (χ0n) is 27.5. The molecule has 2 N–H and O–H groups in total. The van der Waals surface area contributed by atoms with Crippen molar-refractivity contribution in [2.24, 2.45) is 0 Å². The van der Waals surface area contributed by atoms with E-state index in [4.69, 9.17) is 4.74 Å². The van der Waals surface area contributed by atoms with E-state index in [1.54, 1.807) is 17.0 Å². The molecular formula is C34H43F2N7O4. The number of H-pyrrole nitrogens is 1. The van der Waals surface area contributed by atoms with Crippen molar-refractivity contribution in [3.63, 3.8) is 0 Å². The summed E-state index contributed by atoms with van der Waals surface area (Å²) in [4.78, 5) is 44.7. The topological polar surface area (TPSA) is 124 Å². The van der Waals surface area contributed by atoms with Crippen LogP contribution in [-0.2, 0) is 20.7 Å². The van der Waals surface area contributed by atoms with Gasteiger partial charge in [-0.3, -0.25) is 9.59 Å². The molecule has 0 aliphatic carbocycles. The maximum absolute atomic E-state index is 15.0. The lowest BCUT2D eigenvalue weighted by Gasteiger charge is -2.35. The molecule has 0 radical (unpaired) electrons. The van der Waals surface area contributed by atoms with Gasteiger partial charge in [0.1, 0.15) is 29.3 Å². The first-order valence-electron chi connectivity index (χ1n) is 16.0. The van der Waals surface area contributed by atoms with Gasteiger partial charge in [0.15, 0.2) is 5.82 Å². The van der Waals surface area contributed by atoms with Crippen LogP contribution in [0.2, 0.25) is 0 Å². The fraction of sp³-hybridized carbons (Fsp3) is 0.500. The summed E-state index contributed by atoms with van der Waals surface area (Å²) < 4.78 is 35.4. The minimum atomic E-state index is -1.38. The van der Waals surface area contributed by atoms with Crippen molar-refractivity contribution in [1.82, 2.24) is 30.5 Å². The average molecular weight is 652 g/mol. The first-order chi connectivity index (χ1) is 22.3. The summed E-state index contributed by atoms with van der Waals surface area (Å²) in [5, 5.41) is 14.0. The molecule has 5 rings (SSSR count). The second-order valence-corrected chi connectivity index (χ2v) is 13.4. The van der Waals surface area contributed by atoms with Crippen molar-refractivity contribution in [3.05, 3.63) is 76.7 Å². The second-order valence-electron chi connectivity index (χ2n) is 13.4. The monoisotopic (exact) mass is 651 g/mol. The Kier molecular flexibility index (Phi) is 10.1. The van der Waals surface area contributed by atoms with Gasteiger partial charge in [-0.25, -0.2) is 13.6 Å². The van der Waals surface area contributed by atoms with Gasteiger partial charge in [-0.15, -0.1) is 5.10 Å². The number of nitrogens with one attached hydrogen (secondary N) is 2. The van der Waals surface area contributed by atoms with Crippen LogP contribution in [0, 0.1) is 5.82 Å². The Labute approximate surface area is 273 Å². The summed E-state index contributed by atoms with van der Waals surface area (Å²) in [6, 6.07) is 12.3. The van der Waals surface area contributed by atoms with Crippen molar-refractivity contribution in [2.45, 2.75) is 77.2 Å². The lowest BCUT2D eigenvalue weighted by Crippen LogP contribution is -2.50. The Morgan fingerprint density at radius 1 is 1.02 bits per heavy atom. The molecule has 2 fully saturated rings. The quantitative estimate of drug-likeness (QED) is 0.368. The van der Waals surface area contributed by atoms with Crippen LogP contribution in [0.15, 0.2) is 48.5 Å². The van der Waals surface area contributed by atoms with E-state index in [9.17, 15) is 18.8 Å². The van der Waals surface area contributed by atoms with E-state index in [0.29, 0.717) is 48.8 Å². The summed E-state index contributed by atoms with van der Waals surface area (Å²) in [5.74, 6) is -0.907. The molecule has 2 aliphatic heterocycles. The largest absolute Gasteiger partial charge is 0.444 e. The molecular weight excluding hydrogens is 608 g/mol. The van der Waals surface area contributed by atoms with Crippen molar-refractivity contribution in [3.8, 4) is 0 Å². The maximum atomic E-state index is 15.0. The van der Waals surface area contributed by atoms with Crippen LogP contribution in [0.1, 0.15) is 75.4 Å². The predicted molar refractivity (Wildman–Crippen MR) is 172 cm³/mol. The van der Waals surface area contributed by atoms with Crippen molar-refractivity contribution < 1.29 is 27.9 Å². The number of hydrogen-bond donors (Lipinski definition) is 2. The number of alkyl halides is 1. The number of rotatable bonds is 8. The normalized spacial score (nSPS) is 19.2. The molecule has 1 aromatic heterocycles. The first-order valence-corrected chi connectivity index (χ1v) is 16.0. The van der Waals surface area contributed by atoms with Gasteiger partial charge < -0.3 is 24.8 Å². The number of nitrogens with zero attached hydrogens (tertiary/aromatic N) is 5. The Balaban J connectivity index is 1.28. The fourth-order valence-corrected chi connectivity index (χ4v) is 6.03. The molecule has 0 bridgehead atoms. The van der Waals surface area contributed by atoms with Crippen LogP contribution in [0.5, 0.6) is 0 Å². The molecule has 47 heavy (non-hydrogen) atoms. The minimum absolute atomic E-state index is 0.0135. The lowest BCUT2D eigenvalue weighted by atomic mass is 9.94. The molecule has 0 unspecified atom stereocenters. The number of aromatic amines is 1. The Bertz CT molecular complexity index is 1570. The zero-order valence-corrected chi connectivity index (χ0v) is 27.5. The smallest absolute Gasteiger partial charge is 0.410 e. The van der Waals surface area contributed by atoms with Crippen molar-refractivity contribution in [1.29, 1.82) is 0 Å². The van der Waals surface area contributed by atoms with E-state index >= 15 is 4.39 Å². The fourth-order valence-electron chi connectivity index (χ4n) is 6.03. The molecule has 3 aromatic rings. The van der Waals surface area contributed by atoms with Crippen LogP contribution in [-0.4, -0.2) is 93.7 Å². The molecule has 252 valence electrons. The van der Waals surface area contributed by atoms with Gasteiger partial charge in [0.25, 0.3) is 0 Å². The van der Waals surface area contributed by atoms with Gasteiger partial charge in [-0.2, -0.15) is 10.3 Å². The van der Waals surface area contributed by atoms with Gasteiger partial charge in [-0.05, 0) is 49.4 Å². The van der Waals surface area contributed by atoms with Crippen LogP contribution < -0.4 is 10.2 Å². The average Bonchev–Trinajstić information content (AvgIpc) is 3.65. The predicted octanol–water partition coefficient (Wildman–Crippen LogP) is 4.51. The maximum Gasteiger partial charge on any atom is 0.410 e. The van der Waals surface area contributed by atoms with Crippen LogP contribution in [0.25, 0.3) is 0 Å². The van der Waals surface area contributed by atoms with Crippen LogP contribution >= 0.6 is 0 Å². The third kappa shape index (κ3) is 8.06. The number of piperazine rings is 1. The molecule has 3 heterocycles. The number of carbonyl (C=O) groups is 3. The molecule has 0 saturated carbocycles. The van der Waals surface area contributed by atoms with Gasteiger partial charge in [0.2, 0.25) is 11.8 Å². The number of hydrogen-bond acceptors (Lipinski definition) is 7. The second kappa shape index (κ2) is 14.1. The SMILES string of the molecule is CC(C)c1ccc([C@@H](NC(=O)[C@@H]2C[C@@H](F)CN2C(=O)Cc2n[nH]nc2N2CCN(C(=O)OC(C)(C)C)CC2)c2ccccc2)cc1F. The number of halogens is 2. The van der Waals surface area contributed by atoms with Crippen molar-refractivity contribution in [2.75, 3.05) is 37.6 Å². The van der Waals surface area contributed by atoms with Gasteiger partial charge in [-0.1, -0.05) is 56.3 Å². The summed E-state index contributed by atoms with van der Waals surface area (Å²) in [6.07, 6.45) is -2.12. The highest BCUT2D eigenvalue weighted by molar-refractivity contribution is 5.90. The minimum Gasteiger partial charge on any atom is -0.444 e. The Morgan fingerprint density at radius 2 is 1.72 bits per heavy atom. The van der Waals surface area contributed by atoms with Crippen LogP contribution in [0.3, 0.4) is 0 Å². The number of benzene rings is 2. The highest BCUT2D eigenvalue weighted by Crippen LogP contribution is 2.29.